The van der Waals surface area contributed by atoms with E-state index in [4.69, 9.17) is 4.74 Å². The molecule has 0 bridgehead atoms. The molecule has 0 heterocycles. The Morgan fingerprint density at radius 3 is 2.07 bits per heavy atom. The van der Waals surface area contributed by atoms with Crippen LogP contribution in [0.25, 0.3) is 0 Å². The van der Waals surface area contributed by atoms with E-state index in [9.17, 15) is 9.59 Å². The number of carbonyl (C=O) groups excluding carboxylic acids is 2. The molecule has 2 rings (SSSR count). The highest BCUT2D eigenvalue weighted by Crippen LogP contribution is 2.18. The van der Waals surface area contributed by atoms with Crippen molar-refractivity contribution < 1.29 is 14.3 Å². The lowest BCUT2D eigenvalue weighted by molar-refractivity contribution is 0.102. The molecule has 0 aliphatic rings. The molecule has 6 nitrogen and oxygen atoms in total. The Balaban J connectivity index is 1.98. The maximum atomic E-state index is 12.5. The number of hydrogen-bond donors (Lipinski definition) is 1. The molecule has 6 heteroatoms. The van der Waals surface area contributed by atoms with E-state index in [2.05, 4.69) is 24.1 Å². The van der Waals surface area contributed by atoms with Gasteiger partial charge in [0.25, 0.3) is 5.91 Å². The fraction of sp³-hybridized carbons (Fsp3) is 0.364. The summed E-state index contributed by atoms with van der Waals surface area (Å²) in [5.74, 6) is -0.166. The Morgan fingerprint density at radius 1 is 0.929 bits per heavy atom. The number of rotatable bonds is 8. The van der Waals surface area contributed by atoms with Gasteiger partial charge in [0.2, 0.25) is 0 Å². The Hall–Kier alpha value is -2.86. The van der Waals surface area contributed by atoms with E-state index in [-0.39, 0.29) is 5.91 Å². The van der Waals surface area contributed by atoms with Crippen LogP contribution < -0.4 is 10.2 Å². The lowest BCUT2D eigenvalue weighted by Gasteiger charge is -2.18. The lowest BCUT2D eigenvalue weighted by atomic mass is 10.1. The summed E-state index contributed by atoms with van der Waals surface area (Å²) in [6.07, 6.45) is -0.413. The zero-order valence-electron chi connectivity index (χ0n) is 17.1. The molecule has 0 saturated heterocycles. The van der Waals surface area contributed by atoms with Crippen molar-refractivity contribution in [1.82, 2.24) is 4.90 Å². The van der Waals surface area contributed by atoms with Gasteiger partial charge in [-0.25, -0.2) is 4.79 Å². The molecule has 0 saturated carbocycles. The summed E-state index contributed by atoms with van der Waals surface area (Å²) in [6, 6.07) is 14.7. The average Bonchev–Trinajstić information content (AvgIpc) is 2.72. The monoisotopic (exact) mass is 383 g/mol. The molecule has 2 aromatic rings. The second-order valence-corrected chi connectivity index (χ2v) is 6.42. The first-order valence-electron chi connectivity index (χ1n) is 9.61. The zero-order chi connectivity index (χ0) is 20.5. The zero-order valence-corrected chi connectivity index (χ0v) is 17.1. The van der Waals surface area contributed by atoms with Crippen molar-refractivity contribution in [2.45, 2.75) is 27.3 Å². The molecule has 0 aliphatic carbocycles. The van der Waals surface area contributed by atoms with E-state index in [1.165, 1.54) is 10.5 Å². The largest absolute Gasteiger partial charge is 0.449 e. The van der Waals surface area contributed by atoms with E-state index in [1.807, 2.05) is 24.3 Å². The molecule has 0 aromatic heterocycles. The fourth-order valence-corrected chi connectivity index (χ4v) is 2.76. The molecule has 1 N–H and O–H groups in total. The van der Waals surface area contributed by atoms with Crippen LogP contribution >= 0.6 is 0 Å². The van der Waals surface area contributed by atoms with Crippen molar-refractivity contribution >= 4 is 23.4 Å². The molecular weight excluding hydrogens is 354 g/mol. The Kier molecular flexibility index (Phi) is 8.02. The summed E-state index contributed by atoms with van der Waals surface area (Å²) >= 11 is 0. The predicted octanol–water partition coefficient (Wildman–Crippen LogP) is 4.37. The number of carbonyl (C=O) groups is 2. The van der Waals surface area contributed by atoms with Crippen LogP contribution in [0.1, 0.15) is 36.7 Å². The molecule has 0 radical (unpaired) electrons. The van der Waals surface area contributed by atoms with Gasteiger partial charge in [0, 0.05) is 30.5 Å². The van der Waals surface area contributed by atoms with Gasteiger partial charge in [-0.1, -0.05) is 26.0 Å². The summed E-state index contributed by atoms with van der Waals surface area (Å²) in [6.45, 7) is 9.25. The lowest BCUT2D eigenvalue weighted by Crippen LogP contribution is -2.26. The number of ether oxygens (including phenoxy) is 1. The third-order valence-corrected chi connectivity index (χ3v) is 4.57. The third kappa shape index (κ3) is 5.82. The molecule has 0 atom stereocenters. The minimum atomic E-state index is -0.413. The van der Waals surface area contributed by atoms with Crippen LogP contribution in [0.4, 0.5) is 16.2 Å². The van der Waals surface area contributed by atoms with Crippen LogP contribution in [0.3, 0.4) is 0 Å². The van der Waals surface area contributed by atoms with Gasteiger partial charge in [-0.3, -0.25) is 14.6 Å². The molecular formula is C22H29N3O3. The van der Waals surface area contributed by atoms with Crippen LogP contribution in [0.5, 0.6) is 0 Å². The van der Waals surface area contributed by atoms with Crippen LogP contribution in [0.2, 0.25) is 0 Å². The number of nitrogens with zero attached hydrogens (tertiary/aromatic N) is 2. The summed E-state index contributed by atoms with van der Waals surface area (Å²) < 4.78 is 4.97. The van der Waals surface area contributed by atoms with Crippen molar-refractivity contribution in [3.05, 3.63) is 59.7 Å². The smallest absolute Gasteiger partial charge is 0.413 e. The Bertz CT molecular complexity index is 769. The number of amides is 2. The molecule has 150 valence electrons. The van der Waals surface area contributed by atoms with E-state index in [1.54, 1.807) is 38.2 Å². The highest BCUT2D eigenvalue weighted by Gasteiger charge is 2.12. The van der Waals surface area contributed by atoms with Crippen molar-refractivity contribution in [1.29, 1.82) is 0 Å². The van der Waals surface area contributed by atoms with Crippen LogP contribution in [0, 0.1) is 0 Å². The van der Waals surface area contributed by atoms with Gasteiger partial charge in [0.1, 0.15) is 0 Å². The van der Waals surface area contributed by atoms with Crippen LogP contribution in [-0.4, -0.2) is 43.6 Å². The maximum absolute atomic E-state index is 12.5. The van der Waals surface area contributed by atoms with Crippen molar-refractivity contribution in [2.24, 2.45) is 0 Å². The summed E-state index contributed by atoms with van der Waals surface area (Å²) in [7, 11) is 1.64. The SMILES string of the molecule is CCOC(=O)N(C)c1ccc(NC(=O)c2ccc(CN(CC)CC)cc2)cc1. The van der Waals surface area contributed by atoms with E-state index < -0.39 is 6.09 Å². The second kappa shape index (κ2) is 10.5. The van der Waals surface area contributed by atoms with Crippen molar-refractivity contribution in [2.75, 3.05) is 37.0 Å². The maximum Gasteiger partial charge on any atom is 0.413 e. The first-order chi connectivity index (χ1) is 13.5. The number of nitrogens with one attached hydrogen (secondary N) is 1. The summed E-state index contributed by atoms with van der Waals surface area (Å²) in [4.78, 5) is 28.0. The van der Waals surface area contributed by atoms with Gasteiger partial charge in [-0.15, -0.1) is 0 Å². The van der Waals surface area contributed by atoms with Gasteiger partial charge in [-0.2, -0.15) is 0 Å². The highest BCUT2D eigenvalue weighted by atomic mass is 16.6. The van der Waals surface area contributed by atoms with Gasteiger partial charge in [0.15, 0.2) is 0 Å². The van der Waals surface area contributed by atoms with E-state index in [0.717, 1.165) is 19.6 Å². The minimum Gasteiger partial charge on any atom is -0.449 e. The first-order valence-corrected chi connectivity index (χ1v) is 9.61. The predicted molar refractivity (Wildman–Crippen MR) is 113 cm³/mol. The Labute approximate surface area is 167 Å². The molecule has 2 aromatic carbocycles. The number of benzene rings is 2. The molecule has 0 aliphatic heterocycles. The van der Waals surface area contributed by atoms with Gasteiger partial charge in [0.05, 0.1) is 6.61 Å². The standard InChI is InChI=1S/C22H29N3O3/c1-5-25(6-2)16-17-8-10-18(11-9-17)21(26)23-19-12-14-20(15-13-19)24(4)22(27)28-7-3/h8-15H,5-7,16H2,1-4H3,(H,23,26). The quantitative estimate of drug-likeness (QED) is 0.735. The average molecular weight is 383 g/mol. The highest BCUT2D eigenvalue weighted by molar-refractivity contribution is 6.04. The molecule has 0 fully saturated rings. The topological polar surface area (TPSA) is 61.9 Å². The van der Waals surface area contributed by atoms with Gasteiger partial charge >= 0.3 is 6.09 Å². The van der Waals surface area contributed by atoms with Crippen LogP contribution in [0.15, 0.2) is 48.5 Å². The fourth-order valence-electron chi connectivity index (χ4n) is 2.76. The second-order valence-electron chi connectivity index (χ2n) is 6.42. The van der Waals surface area contributed by atoms with Gasteiger partial charge < -0.3 is 10.1 Å². The normalized spacial score (nSPS) is 10.6. The number of hydrogen-bond acceptors (Lipinski definition) is 4. The first kappa shape index (κ1) is 21.4. The van der Waals surface area contributed by atoms with Crippen molar-refractivity contribution in [3.63, 3.8) is 0 Å². The van der Waals surface area contributed by atoms with Crippen molar-refractivity contribution in [3.8, 4) is 0 Å². The third-order valence-electron chi connectivity index (χ3n) is 4.57. The molecule has 2 amide bonds. The Morgan fingerprint density at radius 2 is 1.54 bits per heavy atom. The van der Waals surface area contributed by atoms with E-state index in [0.29, 0.717) is 23.5 Å². The van der Waals surface area contributed by atoms with Gasteiger partial charge in [-0.05, 0) is 62.0 Å². The molecule has 28 heavy (non-hydrogen) atoms. The number of anilines is 2. The van der Waals surface area contributed by atoms with E-state index >= 15 is 0 Å². The molecule has 0 spiro atoms. The summed E-state index contributed by atoms with van der Waals surface area (Å²) in [5, 5.41) is 2.88. The van der Waals surface area contributed by atoms with Crippen LogP contribution in [-0.2, 0) is 11.3 Å². The molecule has 0 unspecified atom stereocenters. The minimum absolute atomic E-state index is 0.166. The summed E-state index contributed by atoms with van der Waals surface area (Å²) in [5.41, 5.74) is 3.15.